The second kappa shape index (κ2) is 14.2. The van der Waals surface area contributed by atoms with Crippen LogP contribution in [0.3, 0.4) is 0 Å². The maximum Gasteiger partial charge on any atom is 0.0790 e. The summed E-state index contributed by atoms with van der Waals surface area (Å²) in [6.07, 6.45) is 3.92. The van der Waals surface area contributed by atoms with Crippen molar-refractivity contribution in [3.8, 4) is 11.1 Å². The summed E-state index contributed by atoms with van der Waals surface area (Å²) in [6.45, 7) is 2.25. The first-order valence-electron chi connectivity index (χ1n) is 18.5. The molecule has 8 aromatic rings. The third-order valence-corrected chi connectivity index (χ3v) is 10.6. The van der Waals surface area contributed by atoms with E-state index < -0.39 is 0 Å². The molecule has 1 nitrogen and oxygen atoms in total. The molecule has 0 unspecified atom stereocenters. The Morgan fingerprint density at radius 2 is 1.04 bits per heavy atom. The minimum atomic E-state index is 0.717. The fraction of sp³-hybridized carbons (Fsp3) is 0.0577. The van der Waals surface area contributed by atoms with Crippen LogP contribution in [-0.2, 0) is 6.42 Å². The summed E-state index contributed by atoms with van der Waals surface area (Å²) in [4.78, 5) is 5.54. The highest BCUT2D eigenvalue weighted by Gasteiger charge is 2.24. The smallest absolute Gasteiger partial charge is 0.0790 e. The largest absolute Gasteiger partial charge is 0.251 e. The van der Waals surface area contributed by atoms with Crippen LogP contribution < -0.4 is 0 Å². The number of nitrogens with zero attached hydrogens (tertiary/aromatic N) is 1. The van der Waals surface area contributed by atoms with E-state index in [2.05, 4.69) is 201 Å². The Kier molecular flexibility index (Phi) is 8.67. The van der Waals surface area contributed by atoms with Crippen LogP contribution in [0.15, 0.2) is 199 Å². The van der Waals surface area contributed by atoms with Gasteiger partial charge < -0.3 is 0 Å². The van der Waals surface area contributed by atoms with Crippen LogP contribution in [0.4, 0.5) is 0 Å². The van der Waals surface area contributed by atoms with Gasteiger partial charge in [-0.3, -0.25) is 4.99 Å². The summed E-state index contributed by atoms with van der Waals surface area (Å²) in [6, 6.07) is 68.0. The van der Waals surface area contributed by atoms with Crippen molar-refractivity contribution in [1.82, 2.24) is 0 Å². The zero-order chi connectivity index (χ0) is 35.6. The van der Waals surface area contributed by atoms with Gasteiger partial charge in [0.1, 0.15) is 0 Å². The van der Waals surface area contributed by atoms with Crippen LogP contribution >= 0.6 is 0 Å². The molecule has 0 fully saturated rings. The van der Waals surface area contributed by atoms with Crippen molar-refractivity contribution >= 4 is 44.1 Å². The van der Waals surface area contributed by atoms with E-state index in [4.69, 9.17) is 4.99 Å². The van der Waals surface area contributed by atoms with Gasteiger partial charge in [0.05, 0.1) is 11.4 Å². The Labute approximate surface area is 312 Å². The van der Waals surface area contributed by atoms with Gasteiger partial charge in [0.15, 0.2) is 0 Å². The lowest BCUT2D eigenvalue weighted by molar-refractivity contribution is 1.20. The molecule has 8 aromatic carbocycles. The maximum atomic E-state index is 5.54. The molecule has 0 radical (unpaired) electrons. The number of rotatable bonds is 7. The van der Waals surface area contributed by atoms with Crippen molar-refractivity contribution < 1.29 is 0 Å². The second-order valence-corrected chi connectivity index (χ2v) is 13.8. The quantitative estimate of drug-likeness (QED) is 0.159. The number of benzene rings is 8. The molecule has 9 rings (SSSR count). The average molecular weight is 678 g/mol. The molecular formula is C52H39N. The van der Waals surface area contributed by atoms with Crippen molar-refractivity contribution in [3.63, 3.8) is 0 Å². The fourth-order valence-corrected chi connectivity index (χ4v) is 8.05. The Bertz CT molecular complexity index is 2700. The minimum absolute atomic E-state index is 0.717. The van der Waals surface area contributed by atoms with Gasteiger partial charge in [-0.2, -0.15) is 0 Å². The van der Waals surface area contributed by atoms with Crippen LogP contribution in [0.25, 0.3) is 49.5 Å². The Balaban J connectivity index is 1.28. The molecule has 1 heteroatoms. The predicted octanol–water partition coefficient (Wildman–Crippen LogP) is 13.4. The SMILES string of the molecule is Cc1ccc2ccccc2c1-c1ccc2ccccc2c1Cc1ccccc1C1=CCC(c2ccccc2)=NC(c2ccccc2)=C1c1ccccc1. The maximum absolute atomic E-state index is 5.54. The van der Waals surface area contributed by atoms with E-state index in [0.717, 1.165) is 46.5 Å². The monoisotopic (exact) mass is 677 g/mol. The molecule has 53 heavy (non-hydrogen) atoms. The zero-order valence-corrected chi connectivity index (χ0v) is 29.8. The summed E-state index contributed by atoms with van der Waals surface area (Å²) >= 11 is 0. The fourth-order valence-electron chi connectivity index (χ4n) is 8.05. The van der Waals surface area contributed by atoms with Gasteiger partial charge in [0, 0.05) is 17.6 Å². The third-order valence-electron chi connectivity index (χ3n) is 10.6. The predicted molar refractivity (Wildman–Crippen MR) is 226 cm³/mol. The molecule has 0 spiro atoms. The molecule has 252 valence electrons. The van der Waals surface area contributed by atoms with Crippen LogP contribution in [-0.4, -0.2) is 5.71 Å². The van der Waals surface area contributed by atoms with Crippen molar-refractivity contribution in [2.24, 2.45) is 4.99 Å². The lowest BCUT2D eigenvalue weighted by Gasteiger charge is -2.21. The zero-order valence-electron chi connectivity index (χ0n) is 29.8. The van der Waals surface area contributed by atoms with Gasteiger partial charge in [-0.1, -0.05) is 194 Å². The van der Waals surface area contributed by atoms with Crippen molar-refractivity contribution in [3.05, 3.63) is 233 Å². The van der Waals surface area contributed by atoms with Gasteiger partial charge >= 0.3 is 0 Å². The first-order valence-corrected chi connectivity index (χ1v) is 18.5. The van der Waals surface area contributed by atoms with E-state index >= 15 is 0 Å². The molecule has 0 saturated carbocycles. The molecule has 1 aliphatic heterocycles. The van der Waals surface area contributed by atoms with Crippen molar-refractivity contribution in [2.45, 2.75) is 19.8 Å². The molecule has 1 aliphatic rings. The summed E-state index contributed by atoms with van der Waals surface area (Å²) in [5.74, 6) is 0. The van der Waals surface area contributed by atoms with Gasteiger partial charge in [-0.05, 0) is 85.0 Å². The molecule has 0 bridgehead atoms. The van der Waals surface area contributed by atoms with Gasteiger partial charge in [-0.15, -0.1) is 0 Å². The van der Waals surface area contributed by atoms with Crippen molar-refractivity contribution in [1.29, 1.82) is 0 Å². The van der Waals surface area contributed by atoms with Crippen LogP contribution in [0.5, 0.6) is 0 Å². The van der Waals surface area contributed by atoms with E-state index in [1.807, 2.05) is 0 Å². The normalized spacial score (nSPS) is 13.2. The Morgan fingerprint density at radius 1 is 0.472 bits per heavy atom. The number of fused-ring (bicyclic) bond motifs is 2. The number of aliphatic imine (C=N–C) groups is 1. The highest BCUT2D eigenvalue weighted by atomic mass is 14.8. The van der Waals surface area contributed by atoms with Gasteiger partial charge in [-0.25, -0.2) is 0 Å². The van der Waals surface area contributed by atoms with Crippen molar-refractivity contribution in [2.75, 3.05) is 0 Å². The van der Waals surface area contributed by atoms with E-state index in [9.17, 15) is 0 Å². The Hall–Kier alpha value is -6.57. The molecule has 0 aliphatic carbocycles. The first kappa shape index (κ1) is 32.3. The van der Waals surface area contributed by atoms with Gasteiger partial charge in [0.2, 0.25) is 0 Å². The number of allylic oxidation sites excluding steroid dienone is 3. The molecule has 0 amide bonds. The molecule has 0 atom stereocenters. The van der Waals surface area contributed by atoms with E-state index in [1.54, 1.807) is 0 Å². The minimum Gasteiger partial charge on any atom is -0.251 e. The highest BCUT2D eigenvalue weighted by molar-refractivity contribution is 6.20. The second-order valence-electron chi connectivity index (χ2n) is 13.8. The third kappa shape index (κ3) is 6.21. The topological polar surface area (TPSA) is 12.4 Å². The molecule has 0 N–H and O–H groups in total. The highest BCUT2D eigenvalue weighted by Crippen LogP contribution is 2.44. The molecular weight excluding hydrogens is 639 g/mol. The van der Waals surface area contributed by atoms with Crippen LogP contribution in [0.1, 0.15) is 45.4 Å². The summed E-state index contributed by atoms with van der Waals surface area (Å²) in [7, 11) is 0. The van der Waals surface area contributed by atoms with E-state index in [0.29, 0.717) is 0 Å². The number of hydrogen-bond donors (Lipinski definition) is 0. The summed E-state index contributed by atoms with van der Waals surface area (Å²) in [5, 5.41) is 5.10. The van der Waals surface area contributed by atoms with Crippen LogP contribution in [0.2, 0.25) is 0 Å². The lowest BCUT2D eigenvalue weighted by atomic mass is 9.82. The summed E-state index contributed by atoms with van der Waals surface area (Å²) in [5.41, 5.74) is 15.6. The lowest BCUT2D eigenvalue weighted by Crippen LogP contribution is -2.02. The summed E-state index contributed by atoms with van der Waals surface area (Å²) < 4.78 is 0. The van der Waals surface area contributed by atoms with Gasteiger partial charge in [0.25, 0.3) is 0 Å². The average Bonchev–Trinajstić information content (AvgIpc) is 3.43. The van der Waals surface area contributed by atoms with E-state index in [-0.39, 0.29) is 0 Å². The molecule has 0 saturated heterocycles. The molecule has 1 heterocycles. The number of aryl methyl sites for hydroxylation is 1. The standard InChI is InChI=1S/C52H39N/c1-36-29-30-38-18-12-16-28-45(38)50(36)47-32-31-37-17-11-14-26-43(37)48(47)35-42-25-13-15-27-44(42)46-33-34-49(39-19-5-2-6-20-39)53-52(41-23-9-4-10-24-41)51(46)40-21-7-3-8-22-40/h2-33H,34-35H2,1H3. The number of hydrogen-bond acceptors (Lipinski definition) is 1. The Morgan fingerprint density at radius 3 is 1.77 bits per heavy atom. The molecule has 0 aromatic heterocycles. The van der Waals surface area contributed by atoms with E-state index in [1.165, 1.54) is 60.5 Å². The van der Waals surface area contributed by atoms with Crippen LogP contribution in [0, 0.1) is 6.92 Å². The first-order chi connectivity index (χ1) is 26.2.